The van der Waals surface area contributed by atoms with Crippen LogP contribution in [-0.2, 0) is 11.2 Å². The third-order valence-electron chi connectivity index (χ3n) is 4.21. The molecule has 0 aliphatic heterocycles. The van der Waals surface area contributed by atoms with Crippen molar-refractivity contribution >= 4 is 11.6 Å². The Bertz CT molecular complexity index is 697. The highest BCUT2D eigenvalue weighted by Gasteiger charge is 2.30. The molecular weight excluding hydrogens is 280 g/mol. The maximum Gasteiger partial charge on any atom is 0.274 e. The van der Waals surface area contributed by atoms with Gasteiger partial charge in [0, 0.05) is 32.4 Å². The molecule has 1 saturated carbocycles. The van der Waals surface area contributed by atoms with Crippen molar-refractivity contribution in [3.8, 4) is 0 Å². The summed E-state index contributed by atoms with van der Waals surface area (Å²) in [5.74, 6) is 0.475. The summed E-state index contributed by atoms with van der Waals surface area (Å²) < 4.78 is 6.96. The molecule has 0 bridgehead atoms. The molecule has 6 heteroatoms. The number of fused-ring (bicyclic) bond motifs is 1. The third-order valence-corrected chi connectivity index (χ3v) is 4.21. The van der Waals surface area contributed by atoms with Crippen LogP contribution in [0.3, 0.4) is 0 Å². The normalized spacial score (nSPS) is 16.0. The van der Waals surface area contributed by atoms with Crippen LogP contribution in [0.2, 0.25) is 0 Å². The lowest BCUT2D eigenvalue weighted by atomic mass is 10.2. The lowest BCUT2D eigenvalue weighted by Crippen LogP contribution is -2.34. The summed E-state index contributed by atoms with van der Waals surface area (Å²) in [5.41, 5.74) is 2.94. The van der Waals surface area contributed by atoms with E-state index in [0.717, 1.165) is 17.8 Å². The van der Waals surface area contributed by atoms with Crippen LogP contribution >= 0.6 is 0 Å². The average molecular weight is 304 g/mol. The van der Waals surface area contributed by atoms with Crippen molar-refractivity contribution in [2.24, 2.45) is 5.92 Å². The molecule has 0 saturated heterocycles. The predicted octanol–water partition coefficient (Wildman–Crippen LogP) is 2.00. The van der Waals surface area contributed by atoms with Crippen molar-refractivity contribution in [2.75, 3.05) is 13.7 Å². The Kier molecular flexibility index (Phi) is 4.11. The van der Waals surface area contributed by atoms with E-state index in [1.165, 1.54) is 12.8 Å². The minimum Gasteiger partial charge on any atom is -0.384 e. The van der Waals surface area contributed by atoms with E-state index in [2.05, 4.69) is 22.2 Å². The number of aromatic nitrogens is 3. The van der Waals surface area contributed by atoms with Gasteiger partial charge in [0.2, 0.25) is 0 Å². The molecule has 22 heavy (non-hydrogen) atoms. The van der Waals surface area contributed by atoms with E-state index in [-0.39, 0.29) is 13.4 Å². The molecule has 1 aliphatic carbocycles. The largest absolute Gasteiger partial charge is 0.384 e. The van der Waals surface area contributed by atoms with Crippen LogP contribution in [0.25, 0.3) is 5.65 Å². The number of amides is 1. The van der Waals surface area contributed by atoms with Crippen molar-refractivity contribution in [1.29, 1.82) is 0 Å². The standard InChI is InChI=1S/C16H22N4O2.H2/c1-10-8-13(6-7-22-3)19-15-14(17-9-20(10)15)16(21)18-11(2)12-4-5-12;/h8-9,11-12H,4-7H2,1-3H3,(H,18,21);1H. The molecule has 1 unspecified atom stereocenters. The zero-order valence-corrected chi connectivity index (χ0v) is 13.3. The van der Waals surface area contributed by atoms with Crippen LogP contribution in [0.4, 0.5) is 0 Å². The second-order valence-electron chi connectivity index (χ2n) is 6.02. The first-order valence-corrected chi connectivity index (χ1v) is 7.73. The van der Waals surface area contributed by atoms with E-state index in [0.29, 0.717) is 23.9 Å². The quantitative estimate of drug-likeness (QED) is 0.886. The number of hydrogen-bond donors (Lipinski definition) is 1. The van der Waals surface area contributed by atoms with Crippen LogP contribution in [0.15, 0.2) is 12.4 Å². The fourth-order valence-corrected chi connectivity index (χ4v) is 2.67. The zero-order chi connectivity index (χ0) is 15.7. The molecule has 1 fully saturated rings. The molecule has 2 aromatic rings. The topological polar surface area (TPSA) is 68.5 Å². The first-order chi connectivity index (χ1) is 10.6. The van der Waals surface area contributed by atoms with Gasteiger partial charge in [0.05, 0.1) is 6.61 Å². The maximum absolute atomic E-state index is 12.4. The second-order valence-corrected chi connectivity index (χ2v) is 6.02. The molecule has 1 amide bonds. The van der Waals surface area contributed by atoms with E-state index >= 15 is 0 Å². The molecule has 0 spiro atoms. The van der Waals surface area contributed by atoms with Gasteiger partial charge in [-0.15, -0.1) is 0 Å². The van der Waals surface area contributed by atoms with Crippen molar-refractivity contribution in [3.63, 3.8) is 0 Å². The zero-order valence-electron chi connectivity index (χ0n) is 13.3. The molecule has 120 valence electrons. The van der Waals surface area contributed by atoms with E-state index in [9.17, 15) is 4.79 Å². The predicted molar refractivity (Wildman–Crippen MR) is 85.1 cm³/mol. The SMILES string of the molecule is COCCc1cc(C)n2cnc(C(=O)NC(C)C3CC3)c2n1.[HH]. The second kappa shape index (κ2) is 6.04. The van der Waals surface area contributed by atoms with Crippen molar-refractivity contribution in [2.45, 2.75) is 39.2 Å². The van der Waals surface area contributed by atoms with Crippen LogP contribution in [0.5, 0.6) is 0 Å². The summed E-state index contributed by atoms with van der Waals surface area (Å²) >= 11 is 0. The number of hydrogen-bond acceptors (Lipinski definition) is 4. The highest BCUT2D eigenvalue weighted by Crippen LogP contribution is 2.32. The van der Waals surface area contributed by atoms with Crippen molar-refractivity contribution in [3.05, 3.63) is 29.5 Å². The minimum absolute atomic E-state index is 0. The van der Waals surface area contributed by atoms with Gasteiger partial charge in [0.15, 0.2) is 11.3 Å². The Morgan fingerprint density at radius 1 is 1.59 bits per heavy atom. The molecule has 6 nitrogen and oxygen atoms in total. The number of imidazole rings is 1. The van der Waals surface area contributed by atoms with Gasteiger partial charge in [-0.1, -0.05) is 0 Å². The van der Waals surface area contributed by atoms with Gasteiger partial charge in [-0.25, -0.2) is 9.97 Å². The van der Waals surface area contributed by atoms with Crippen LogP contribution in [-0.4, -0.2) is 40.0 Å². The summed E-state index contributed by atoms with van der Waals surface area (Å²) in [6, 6.07) is 2.20. The molecule has 0 radical (unpaired) electrons. The number of nitrogens with zero attached hydrogens (tertiary/aromatic N) is 3. The first-order valence-electron chi connectivity index (χ1n) is 7.73. The van der Waals surface area contributed by atoms with Crippen LogP contribution in [0, 0.1) is 12.8 Å². The molecule has 3 rings (SSSR count). The van der Waals surface area contributed by atoms with Gasteiger partial charge in [-0.3, -0.25) is 9.20 Å². The number of ether oxygens (including phenoxy) is 1. The summed E-state index contributed by atoms with van der Waals surface area (Å²) in [6.07, 6.45) is 4.78. The van der Waals surface area contributed by atoms with Gasteiger partial charge in [0.1, 0.15) is 6.33 Å². The number of rotatable bonds is 6. The molecule has 2 aromatic heterocycles. The van der Waals surface area contributed by atoms with Gasteiger partial charge in [0.25, 0.3) is 5.91 Å². The fourth-order valence-electron chi connectivity index (χ4n) is 2.67. The summed E-state index contributed by atoms with van der Waals surface area (Å²) in [5, 5.41) is 3.04. The van der Waals surface area contributed by atoms with E-state index < -0.39 is 0 Å². The van der Waals surface area contributed by atoms with Gasteiger partial charge < -0.3 is 10.1 Å². The first kappa shape index (κ1) is 15.0. The number of carbonyl (C=O) groups is 1. The number of methoxy groups -OCH3 is 1. The number of aryl methyl sites for hydroxylation is 1. The smallest absolute Gasteiger partial charge is 0.274 e. The maximum atomic E-state index is 12.4. The van der Waals surface area contributed by atoms with Crippen molar-refractivity contribution < 1.29 is 11.0 Å². The Labute approximate surface area is 131 Å². The van der Waals surface area contributed by atoms with Crippen LogP contribution in [0.1, 0.15) is 43.1 Å². The molecule has 1 aliphatic rings. The highest BCUT2D eigenvalue weighted by molar-refractivity contribution is 5.98. The van der Waals surface area contributed by atoms with E-state index in [1.54, 1.807) is 13.4 Å². The lowest BCUT2D eigenvalue weighted by molar-refractivity contribution is 0.0933. The Hall–Kier alpha value is -1.95. The third kappa shape index (κ3) is 2.97. The Morgan fingerprint density at radius 3 is 3.05 bits per heavy atom. The van der Waals surface area contributed by atoms with Crippen LogP contribution < -0.4 is 5.32 Å². The lowest BCUT2D eigenvalue weighted by Gasteiger charge is -2.11. The summed E-state index contributed by atoms with van der Waals surface area (Å²) in [6.45, 7) is 4.65. The van der Waals surface area contributed by atoms with Crippen molar-refractivity contribution in [1.82, 2.24) is 19.7 Å². The number of carbonyl (C=O) groups excluding carboxylic acids is 1. The molecule has 1 atom stereocenters. The Balaban J connectivity index is 0.00000192. The van der Waals surface area contributed by atoms with Gasteiger partial charge >= 0.3 is 0 Å². The van der Waals surface area contributed by atoms with Gasteiger partial charge in [-0.05, 0) is 38.7 Å². The molecule has 2 heterocycles. The fraction of sp³-hybridized carbons (Fsp3) is 0.562. The minimum atomic E-state index is -0.141. The Morgan fingerprint density at radius 2 is 2.36 bits per heavy atom. The molecule has 0 aromatic carbocycles. The summed E-state index contributed by atoms with van der Waals surface area (Å²) in [7, 11) is 1.67. The summed E-state index contributed by atoms with van der Waals surface area (Å²) in [4.78, 5) is 21.3. The molecule has 1 N–H and O–H groups in total. The average Bonchev–Trinajstić information content (AvgIpc) is 3.25. The van der Waals surface area contributed by atoms with E-state index in [1.807, 2.05) is 17.4 Å². The highest BCUT2D eigenvalue weighted by atomic mass is 16.5. The monoisotopic (exact) mass is 304 g/mol. The van der Waals surface area contributed by atoms with E-state index in [4.69, 9.17) is 4.74 Å². The number of nitrogens with one attached hydrogen (secondary N) is 1. The van der Waals surface area contributed by atoms with Gasteiger partial charge in [-0.2, -0.15) is 0 Å². The molecular formula is C16H24N4O2.